The van der Waals surface area contributed by atoms with Crippen LogP contribution in [0.4, 0.5) is 11.8 Å². The zero-order valence-corrected chi connectivity index (χ0v) is 9.43. The molecule has 2 aromatic rings. The molecular formula is C13H14N4. The van der Waals surface area contributed by atoms with Gasteiger partial charge in [0.1, 0.15) is 5.82 Å². The third-order valence-corrected chi connectivity index (χ3v) is 2.73. The summed E-state index contributed by atoms with van der Waals surface area (Å²) in [6, 6.07) is 12.3. The number of benzene rings is 1. The van der Waals surface area contributed by atoms with Crippen molar-refractivity contribution in [3.05, 3.63) is 36.4 Å². The van der Waals surface area contributed by atoms with E-state index in [9.17, 15) is 0 Å². The number of aromatic nitrogens is 2. The Morgan fingerprint density at radius 2 is 1.88 bits per heavy atom. The van der Waals surface area contributed by atoms with E-state index in [2.05, 4.69) is 15.3 Å². The number of rotatable bonds is 3. The third kappa shape index (κ3) is 2.36. The molecule has 4 nitrogen and oxygen atoms in total. The van der Waals surface area contributed by atoms with Crippen LogP contribution in [0.5, 0.6) is 0 Å². The maximum Gasteiger partial charge on any atom is 0.225 e. The van der Waals surface area contributed by atoms with Crippen molar-refractivity contribution in [3.8, 4) is 11.3 Å². The van der Waals surface area contributed by atoms with E-state index < -0.39 is 0 Å². The number of nitrogens with two attached hydrogens (primary N) is 1. The van der Waals surface area contributed by atoms with Gasteiger partial charge in [-0.15, -0.1) is 0 Å². The topological polar surface area (TPSA) is 63.8 Å². The summed E-state index contributed by atoms with van der Waals surface area (Å²) in [5.74, 6) is 1.13. The fraction of sp³-hybridized carbons (Fsp3) is 0.231. The number of hydrogen-bond donors (Lipinski definition) is 2. The Bertz CT molecular complexity index is 520. The molecule has 86 valence electrons. The smallest absolute Gasteiger partial charge is 0.225 e. The van der Waals surface area contributed by atoms with Gasteiger partial charge in [-0.2, -0.15) is 4.98 Å². The minimum Gasteiger partial charge on any atom is -0.384 e. The summed E-state index contributed by atoms with van der Waals surface area (Å²) in [6.45, 7) is 0. The van der Waals surface area contributed by atoms with Gasteiger partial charge in [0.05, 0.1) is 5.69 Å². The van der Waals surface area contributed by atoms with Crippen molar-refractivity contribution in [1.82, 2.24) is 9.97 Å². The highest BCUT2D eigenvalue weighted by atomic mass is 15.1. The van der Waals surface area contributed by atoms with Crippen molar-refractivity contribution in [3.63, 3.8) is 0 Å². The van der Waals surface area contributed by atoms with Crippen molar-refractivity contribution in [2.45, 2.75) is 18.9 Å². The van der Waals surface area contributed by atoms with E-state index in [1.165, 1.54) is 12.8 Å². The summed E-state index contributed by atoms with van der Waals surface area (Å²) >= 11 is 0. The van der Waals surface area contributed by atoms with Crippen LogP contribution in [-0.4, -0.2) is 16.0 Å². The van der Waals surface area contributed by atoms with E-state index in [4.69, 9.17) is 5.73 Å². The molecule has 0 amide bonds. The fourth-order valence-corrected chi connectivity index (χ4v) is 1.70. The lowest BCUT2D eigenvalue weighted by atomic mass is 10.1. The molecule has 0 saturated heterocycles. The zero-order valence-electron chi connectivity index (χ0n) is 9.43. The van der Waals surface area contributed by atoms with Crippen LogP contribution in [0.25, 0.3) is 11.3 Å². The molecule has 1 aliphatic rings. The normalized spacial score (nSPS) is 14.6. The van der Waals surface area contributed by atoms with Crippen molar-refractivity contribution in [1.29, 1.82) is 0 Å². The minimum absolute atomic E-state index is 0.502. The summed E-state index contributed by atoms with van der Waals surface area (Å²) in [7, 11) is 0. The zero-order chi connectivity index (χ0) is 11.7. The van der Waals surface area contributed by atoms with Crippen LogP contribution < -0.4 is 11.1 Å². The molecule has 4 heteroatoms. The summed E-state index contributed by atoms with van der Waals surface area (Å²) < 4.78 is 0. The Balaban J connectivity index is 1.95. The molecule has 1 saturated carbocycles. The van der Waals surface area contributed by atoms with Gasteiger partial charge in [0.25, 0.3) is 0 Å². The highest BCUT2D eigenvalue weighted by molar-refractivity contribution is 5.63. The Labute approximate surface area is 99.9 Å². The summed E-state index contributed by atoms with van der Waals surface area (Å²) in [4.78, 5) is 8.68. The first-order chi connectivity index (χ1) is 8.31. The van der Waals surface area contributed by atoms with Gasteiger partial charge in [-0.25, -0.2) is 4.98 Å². The van der Waals surface area contributed by atoms with Gasteiger partial charge in [0, 0.05) is 17.7 Å². The van der Waals surface area contributed by atoms with Gasteiger partial charge in [-0.1, -0.05) is 30.3 Å². The minimum atomic E-state index is 0.502. The second-order valence-electron chi connectivity index (χ2n) is 4.29. The largest absolute Gasteiger partial charge is 0.384 e. The standard InChI is InChI=1S/C13H14N4/c14-12-8-11(9-4-2-1-3-5-9)16-13(17-12)15-10-6-7-10/h1-5,8,10H,6-7H2,(H3,14,15,16,17). The van der Waals surface area contributed by atoms with E-state index in [-0.39, 0.29) is 0 Å². The molecule has 0 bridgehead atoms. The maximum atomic E-state index is 5.80. The van der Waals surface area contributed by atoms with Gasteiger partial charge < -0.3 is 11.1 Å². The molecule has 1 aromatic carbocycles. The lowest BCUT2D eigenvalue weighted by Gasteiger charge is -2.07. The van der Waals surface area contributed by atoms with E-state index in [0.717, 1.165) is 11.3 Å². The molecule has 1 aromatic heterocycles. The Morgan fingerprint density at radius 1 is 1.12 bits per heavy atom. The summed E-state index contributed by atoms with van der Waals surface area (Å²) in [6.07, 6.45) is 2.39. The van der Waals surface area contributed by atoms with Crippen molar-refractivity contribution in [2.24, 2.45) is 0 Å². The molecular weight excluding hydrogens is 212 g/mol. The lowest BCUT2D eigenvalue weighted by Crippen LogP contribution is -2.07. The molecule has 17 heavy (non-hydrogen) atoms. The average molecular weight is 226 g/mol. The first-order valence-electron chi connectivity index (χ1n) is 5.78. The Kier molecular flexibility index (Phi) is 2.40. The van der Waals surface area contributed by atoms with E-state index in [0.29, 0.717) is 17.8 Å². The van der Waals surface area contributed by atoms with Crippen LogP contribution >= 0.6 is 0 Å². The summed E-state index contributed by atoms with van der Waals surface area (Å²) in [5.41, 5.74) is 7.72. The Hall–Kier alpha value is -2.10. The lowest BCUT2D eigenvalue weighted by molar-refractivity contribution is 1.06. The highest BCUT2D eigenvalue weighted by Gasteiger charge is 2.22. The second-order valence-corrected chi connectivity index (χ2v) is 4.29. The van der Waals surface area contributed by atoms with Crippen LogP contribution in [-0.2, 0) is 0 Å². The quantitative estimate of drug-likeness (QED) is 0.842. The number of hydrogen-bond acceptors (Lipinski definition) is 4. The molecule has 0 spiro atoms. The number of nitrogens with one attached hydrogen (secondary N) is 1. The second kappa shape index (κ2) is 4.05. The van der Waals surface area contributed by atoms with Gasteiger partial charge in [0.2, 0.25) is 5.95 Å². The number of anilines is 2. The predicted molar refractivity (Wildman–Crippen MR) is 68.5 cm³/mol. The molecule has 1 heterocycles. The van der Waals surface area contributed by atoms with Crippen LogP contribution in [0.15, 0.2) is 36.4 Å². The third-order valence-electron chi connectivity index (χ3n) is 2.73. The first kappa shape index (κ1) is 10.1. The number of nitrogen functional groups attached to an aromatic ring is 1. The molecule has 3 rings (SSSR count). The van der Waals surface area contributed by atoms with Crippen LogP contribution in [0.2, 0.25) is 0 Å². The molecule has 3 N–H and O–H groups in total. The van der Waals surface area contributed by atoms with E-state index in [1.807, 2.05) is 30.3 Å². The van der Waals surface area contributed by atoms with Crippen LogP contribution in [0.3, 0.4) is 0 Å². The molecule has 0 aliphatic heterocycles. The maximum absolute atomic E-state index is 5.80. The van der Waals surface area contributed by atoms with Crippen LogP contribution in [0.1, 0.15) is 12.8 Å². The molecule has 1 fully saturated rings. The average Bonchev–Trinajstić information content (AvgIpc) is 3.13. The SMILES string of the molecule is Nc1cc(-c2ccccc2)nc(NC2CC2)n1. The molecule has 0 unspecified atom stereocenters. The van der Waals surface area contributed by atoms with Gasteiger partial charge in [0.15, 0.2) is 0 Å². The predicted octanol–water partition coefficient (Wildman–Crippen LogP) is 2.30. The van der Waals surface area contributed by atoms with E-state index in [1.54, 1.807) is 6.07 Å². The summed E-state index contributed by atoms with van der Waals surface area (Å²) in [5, 5.41) is 3.26. The van der Waals surface area contributed by atoms with Crippen molar-refractivity contribution >= 4 is 11.8 Å². The highest BCUT2D eigenvalue weighted by Crippen LogP contribution is 2.25. The van der Waals surface area contributed by atoms with Gasteiger partial charge in [-0.3, -0.25) is 0 Å². The molecule has 1 aliphatic carbocycles. The number of nitrogens with zero attached hydrogens (tertiary/aromatic N) is 2. The first-order valence-corrected chi connectivity index (χ1v) is 5.78. The van der Waals surface area contributed by atoms with Crippen LogP contribution in [0, 0.1) is 0 Å². The molecule has 0 atom stereocenters. The fourth-order valence-electron chi connectivity index (χ4n) is 1.70. The monoisotopic (exact) mass is 226 g/mol. The van der Waals surface area contributed by atoms with E-state index >= 15 is 0 Å². The van der Waals surface area contributed by atoms with Gasteiger partial charge in [-0.05, 0) is 12.8 Å². The molecule has 0 radical (unpaired) electrons. The Morgan fingerprint density at radius 3 is 2.59 bits per heavy atom. The van der Waals surface area contributed by atoms with Crippen molar-refractivity contribution in [2.75, 3.05) is 11.1 Å². The van der Waals surface area contributed by atoms with Crippen molar-refractivity contribution < 1.29 is 0 Å². The van der Waals surface area contributed by atoms with Gasteiger partial charge >= 0.3 is 0 Å².